The summed E-state index contributed by atoms with van der Waals surface area (Å²) in [6, 6.07) is 36.0. The van der Waals surface area contributed by atoms with Crippen LogP contribution < -0.4 is 4.90 Å². The van der Waals surface area contributed by atoms with Gasteiger partial charge in [0, 0.05) is 17.1 Å². The quantitative estimate of drug-likeness (QED) is 0.330. The van der Waals surface area contributed by atoms with E-state index in [0.29, 0.717) is 0 Å². The SMILES string of the molecule is C=Cc1ccc(N(c2ccc(C=C)cc2)c2ccc(-c3ccccc3)cc2)cc1. The maximum Gasteiger partial charge on any atom is 0.0462 e. The van der Waals surface area contributed by atoms with Crippen molar-refractivity contribution in [1.82, 2.24) is 0 Å². The predicted octanol–water partition coefficient (Wildman–Crippen LogP) is 8.11. The fourth-order valence-corrected chi connectivity index (χ4v) is 3.40. The molecule has 0 fully saturated rings. The molecule has 4 aromatic rings. The number of hydrogen-bond donors (Lipinski definition) is 0. The molecule has 0 radical (unpaired) electrons. The summed E-state index contributed by atoms with van der Waals surface area (Å²) in [5.74, 6) is 0. The van der Waals surface area contributed by atoms with Crippen molar-refractivity contribution >= 4 is 29.2 Å². The van der Waals surface area contributed by atoms with Crippen LogP contribution in [-0.2, 0) is 0 Å². The van der Waals surface area contributed by atoms with E-state index in [0.717, 1.165) is 28.2 Å². The molecule has 0 unspecified atom stereocenters. The van der Waals surface area contributed by atoms with Gasteiger partial charge in [-0.15, -0.1) is 0 Å². The molecular formula is C28H23N. The first-order chi connectivity index (χ1) is 14.3. The number of benzene rings is 4. The van der Waals surface area contributed by atoms with Gasteiger partial charge in [0.05, 0.1) is 0 Å². The second-order valence-electron chi connectivity index (χ2n) is 6.84. The van der Waals surface area contributed by atoms with Gasteiger partial charge < -0.3 is 4.90 Å². The summed E-state index contributed by atoms with van der Waals surface area (Å²) in [6.45, 7) is 7.71. The first-order valence-corrected chi connectivity index (χ1v) is 9.69. The average molecular weight is 373 g/mol. The Balaban J connectivity index is 1.76. The lowest BCUT2D eigenvalue weighted by Gasteiger charge is -2.26. The molecule has 4 aromatic carbocycles. The van der Waals surface area contributed by atoms with E-state index in [1.54, 1.807) is 0 Å². The third kappa shape index (κ3) is 4.04. The monoisotopic (exact) mass is 373 g/mol. The average Bonchev–Trinajstić information content (AvgIpc) is 2.81. The van der Waals surface area contributed by atoms with Crippen molar-refractivity contribution in [2.75, 3.05) is 4.90 Å². The van der Waals surface area contributed by atoms with Gasteiger partial charge in [0.1, 0.15) is 0 Å². The Labute approximate surface area is 172 Å². The lowest BCUT2D eigenvalue weighted by molar-refractivity contribution is 1.28. The third-order valence-electron chi connectivity index (χ3n) is 5.01. The summed E-state index contributed by atoms with van der Waals surface area (Å²) in [7, 11) is 0. The minimum atomic E-state index is 1.11. The van der Waals surface area contributed by atoms with Gasteiger partial charge in [-0.05, 0) is 58.7 Å². The summed E-state index contributed by atoms with van der Waals surface area (Å²) in [4.78, 5) is 2.26. The molecule has 0 atom stereocenters. The smallest absolute Gasteiger partial charge is 0.0462 e. The van der Waals surface area contributed by atoms with Gasteiger partial charge in [-0.3, -0.25) is 0 Å². The van der Waals surface area contributed by atoms with Crippen molar-refractivity contribution in [3.8, 4) is 11.1 Å². The minimum absolute atomic E-state index is 1.11. The van der Waals surface area contributed by atoms with Crippen LogP contribution >= 0.6 is 0 Å². The van der Waals surface area contributed by atoms with Gasteiger partial charge in [-0.1, -0.05) is 92.0 Å². The minimum Gasteiger partial charge on any atom is -0.311 e. The Hall–Kier alpha value is -3.84. The van der Waals surface area contributed by atoms with E-state index in [2.05, 4.69) is 115 Å². The molecule has 0 aliphatic carbocycles. The molecule has 0 aliphatic rings. The highest BCUT2D eigenvalue weighted by Gasteiger charge is 2.12. The van der Waals surface area contributed by atoms with Crippen molar-refractivity contribution in [2.45, 2.75) is 0 Å². The van der Waals surface area contributed by atoms with Crippen LogP contribution in [0.15, 0.2) is 116 Å². The van der Waals surface area contributed by atoms with Gasteiger partial charge in [0.2, 0.25) is 0 Å². The molecule has 140 valence electrons. The summed E-state index contributed by atoms with van der Waals surface area (Å²) in [6.07, 6.45) is 3.73. The van der Waals surface area contributed by atoms with Crippen LogP contribution in [-0.4, -0.2) is 0 Å². The third-order valence-corrected chi connectivity index (χ3v) is 5.01. The van der Waals surface area contributed by atoms with Crippen LogP contribution in [0.3, 0.4) is 0 Å². The van der Waals surface area contributed by atoms with Crippen molar-refractivity contribution in [2.24, 2.45) is 0 Å². The zero-order valence-electron chi connectivity index (χ0n) is 16.3. The predicted molar refractivity (Wildman–Crippen MR) is 127 cm³/mol. The second kappa shape index (κ2) is 8.45. The van der Waals surface area contributed by atoms with Crippen LogP contribution in [0.2, 0.25) is 0 Å². The zero-order valence-corrected chi connectivity index (χ0v) is 16.3. The molecule has 0 saturated heterocycles. The van der Waals surface area contributed by atoms with Crippen molar-refractivity contribution in [3.05, 3.63) is 127 Å². The fraction of sp³-hybridized carbons (Fsp3) is 0. The fourth-order valence-electron chi connectivity index (χ4n) is 3.40. The summed E-state index contributed by atoms with van der Waals surface area (Å²) in [5, 5.41) is 0. The van der Waals surface area contributed by atoms with E-state index in [9.17, 15) is 0 Å². The van der Waals surface area contributed by atoms with Crippen LogP contribution in [0.5, 0.6) is 0 Å². The number of hydrogen-bond acceptors (Lipinski definition) is 1. The number of rotatable bonds is 6. The second-order valence-corrected chi connectivity index (χ2v) is 6.84. The zero-order chi connectivity index (χ0) is 20.1. The number of nitrogens with zero attached hydrogens (tertiary/aromatic N) is 1. The first-order valence-electron chi connectivity index (χ1n) is 9.69. The van der Waals surface area contributed by atoms with E-state index in [-0.39, 0.29) is 0 Å². The normalized spacial score (nSPS) is 10.3. The highest BCUT2D eigenvalue weighted by atomic mass is 15.1. The summed E-state index contributed by atoms with van der Waals surface area (Å²) in [5.41, 5.74) is 7.96. The van der Waals surface area contributed by atoms with E-state index < -0.39 is 0 Å². The lowest BCUT2D eigenvalue weighted by Crippen LogP contribution is -2.09. The highest BCUT2D eigenvalue weighted by molar-refractivity contribution is 5.79. The topological polar surface area (TPSA) is 3.24 Å². The Morgan fingerprint density at radius 2 is 0.828 bits per heavy atom. The molecule has 4 rings (SSSR count). The molecule has 0 spiro atoms. The molecule has 1 heteroatoms. The van der Waals surface area contributed by atoms with Crippen LogP contribution in [0.4, 0.5) is 17.1 Å². The maximum absolute atomic E-state index is 3.86. The summed E-state index contributed by atoms with van der Waals surface area (Å²) >= 11 is 0. The Bertz CT molecular complexity index is 1040. The van der Waals surface area contributed by atoms with E-state index >= 15 is 0 Å². The summed E-state index contributed by atoms with van der Waals surface area (Å²) < 4.78 is 0. The molecule has 0 bridgehead atoms. The maximum atomic E-state index is 3.86. The van der Waals surface area contributed by atoms with Gasteiger partial charge in [0.15, 0.2) is 0 Å². The van der Waals surface area contributed by atoms with E-state index in [4.69, 9.17) is 0 Å². The first kappa shape index (κ1) is 18.5. The Kier molecular flexibility index (Phi) is 5.40. The molecule has 0 saturated carbocycles. The number of anilines is 3. The van der Waals surface area contributed by atoms with E-state index in [1.807, 2.05) is 18.2 Å². The van der Waals surface area contributed by atoms with Crippen molar-refractivity contribution in [3.63, 3.8) is 0 Å². The molecular weight excluding hydrogens is 350 g/mol. The van der Waals surface area contributed by atoms with Gasteiger partial charge in [-0.2, -0.15) is 0 Å². The lowest BCUT2D eigenvalue weighted by atomic mass is 10.0. The van der Waals surface area contributed by atoms with Gasteiger partial charge in [0.25, 0.3) is 0 Å². The molecule has 0 aliphatic heterocycles. The van der Waals surface area contributed by atoms with Crippen LogP contribution in [0, 0.1) is 0 Å². The molecule has 0 heterocycles. The molecule has 1 nitrogen and oxygen atoms in total. The van der Waals surface area contributed by atoms with Gasteiger partial charge >= 0.3 is 0 Å². The Morgan fingerprint density at radius 3 is 1.24 bits per heavy atom. The molecule has 0 aromatic heterocycles. The van der Waals surface area contributed by atoms with Gasteiger partial charge in [-0.25, -0.2) is 0 Å². The van der Waals surface area contributed by atoms with Crippen LogP contribution in [0.25, 0.3) is 23.3 Å². The molecule has 0 amide bonds. The van der Waals surface area contributed by atoms with E-state index in [1.165, 1.54) is 11.1 Å². The molecule has 0 N–H and O–H groups in total. The van der Waals surface area contributed by atoms with Crippen molar-refractivity contribution < 1.29 is 0 Å². The standard InChI is InChI=1S/C28H23N/c1-3-22-10-16-26(17-11-22)29(27-18-12-23(4-2)13-19-27)28-20-14-25(15-21-28)24-8-6-5-7-9-24/h3-21H,1-2H2. The molecule has 29 heavy (non-hydrogen) atoms. The Morgan fingerprint density at radius 1 is 0.448 bits per heavy atom. The highest BCUT2D eigenvalue weighted by Crippen LogP contribution is 2.35. The van der Waals surface area contributed by atoms with Crippen LogP contribution in [0.1, 0.15) is 11.1 Å². The largest absolute Gasteiger partial charge is 0.311 e. The van der Waals surface area contributed by atoms with Crippen molar-refractivity contribution in [1.29, 1.82) is 0 Å².